The first-order chi connectivity index (χ1) is 6.61. The fourth-order valence-corrected chi connectivity index (χ4v) is 2.19. The van der Waals surface area contributed by atoms with Gasteiger partial charge in [0.2, 0.25) is 0 Å². The zero-order valence-electron chi connectivity index (χ0n) is 8.29. The molecule has 0 saturated heterocycles. The molecule has 0 aliphatic heterocycles. The number of carbonyl (C=O) groups excluding carboxylic acids is 1. The number of ketones is 1. The fraction of sp³-hybridized carbons (Fsp3) is 0.364. The van der Waals surface area contributed by atoms with Gasteiger partial charge in [-0.2, -0.15) is 0 Å². The molecule has 1 aromatic rings. The highest BCUT2D eigenvalue weighted by Crippen LogP contribution is 2.26. The molecule has 0 aromatic heterocycles. The van der Waals surface area contributed by atoms with Gasteiger partial charge in [0.05, 0.1) is 10.8 Å². The lowest BCUT2D eigenvalue weighted by Gasteiger charge is -2.04. The third-order valence-electron chi connectivity index (χ3n) is 1.85. The van der Waals surface area contributed by atoms with E-state index < -0.39 is 0 Å². The lowest BCUT2D eigenvalue weighted by atomic mass is 10.1. The molecule has 0 aliphatic rings. The van der Waals surface area contributed by atoms with Gasteiger partial charge in [0.1, 0.15) is 5.78 Å². The summed E-state index contributed by atoms with van der Waals surface area (Å²) in [5.74, 6) is 0.862. The van der Waals surface area contributed by atoms with Crippen LogP contribution in [0.1, 0.15) is 13.8 Å². The van der Waals surface area contributed by atoms with Crippen LogP contribution in [-0.2, 0) is 4.79 Å². The summed E-state index contributed by atoms with van der Waals surface area (Å²) in [5, 5.41) is 0.717. The summed E-state index contributed by atoms with van der Waals surface area (Å²) in [6, 6.07) is 7.58. The third-order valence-corrected chi connectivity index (χ3v) is 3.39. The molecule has 0 unspecified atom stereocenters. The van der Waals surface area contributed by atoms with Crippen molar-refractivity contribution in [1.29, 1.82) is 0 Å². The predicted molar refractivity (Wildman–Crippen MR) is 62.0 cm³/mol. The second-order valence-electron chi connectivity index (χ2n) is 3.34. The normalized spacial score (nSPS) is 10.6. The van der Waals surface area contributed by atoms with Crippen LogP contribution < -0.4 is 0 Å². The van der Waals surface area contributed by atoms with E-state index >= 15 is 0 Å². The highest BCUT2D eigenvalue weighted by molar-refractivity contribution is 8.00. The van der Waals surface area contributed by atoms with Gasteiger partial charge in [-0.3, -0.25) is 4.79 Å². The third kappa shape index (κ3) is 3.35. The van der Waals surface area contributed by atoms with Gasteiger partial charge in [-0.1, -0.05) is 37.6 Å². The molecule has 0 amide bonds. The average molecular weight is 229 g/mol. The van der Waals surface area contributed by atoms with Crippen LogP contribution in [0.5, 0.6) is 0 Å². The molecular formula is C11H13ClOS. The molecule has 1 nitrogen and oxygen atoms in total. The van der Waals surface area contributed by atoms with Crippen molar-refractivity contribution in [2.75, 3.05) is 5.75 Å². The standard InChI is InChI=1S/C11H13ClOS/c1-8(2)10(13)7-14-11-6-4-3-5-9(11)12/h3-6,8H,7H2,1-2H3. The average Bonchev–Trinajstić information content (AvgIpc) is 2.16. The molecule has 0 fully saturated rings. The van der Waals surface area contributed by atoms with E-state index in [-0.39, 0.29) is 11.7 Å². The van der Waals surface area contributed by atoms with Gasteiger partial charge in [-0.05, 0) is 12.1 Å². The van der Waals surface area contributed by atoms with Crippen LogP contribution >= 0.6 is 23.4 Å². The van der Waals surface area contributed by atoms with Crippen molar-refractivity contribution in [3.05, 3.63) is 29.3 Å². The lowest BCUT2D eigenvalue weighted by molar-refractivity contribution is -0.119. The van der Waals surface area contributed by atoms with Crippen LogP contribution in [0.2, 0.25) is 5.02 Å². The Morgan fingerprint density at radius 3 is 2.64 bits per heavy atom. The van der Waals surface area contributed by atoms with Crippen molar-refractivity contribution in [2.45, 2.75) is 18.7 Å². The molecule has 0 atom stereocenters. The maximum absolute atomic E-state index is 11.4. The van der Waals surface area contributed by atoms with Crippen molar-refractivity contribution in [2.24, 2.45) is 5.92 Å². The molecule has 0 bridgehead atoms. The molecule has 1 aromatic carbocycles. The topological polar surface area (TPSA) is 17.1 Å². The first-order valence-corrected chi connectivity index (χ1v) is 5.87. The van der Waals surface area contributed by atoms with E-state index in [0.717, 1.165) is 4.90 Å². The Balaban J connectivity index is 2.54. The number of benzene rings is 1. The first kappa shape index (κ1) is 11.6. The largest absolute Gasteiger partial charge is 0.298 e. The Hall–Kier alpha value is -0.470. The molecule has 76 valence electrons. The minimum atomic E-state index is 0.102. The Kier molecular flexibility index (Phi) is 4.49. The van der Waals surface area contributed by atoms with Gasteiger partial charge in [-0.15, -0.1) is 11.8 Å². The van der Waals surface area contributed by atoms with Crippen molar-refractivity contribution < 1.29 is 4.79 Å². The van der Waals surface area contributed by atoms with Crippen molar-refractivity contribution in [1.82, 2.24) is 0 Å². The molecular weight excluding hydrogens is 216 g/mol. The summed E-state index contributed by atoms with van der Waals surface area (Å²) in [6.45, 7) is 3.82. The monoisotopic (exact) mass is 228 g/mol. The van der Waals surface area contributed by atoms with Crippen molar-refractivity contribution in [3.8, 4) is 0 Å². The van der Waals surface area contributed by atoms with E-state index in [9.17, 15) is 4.79 Å². The maximum Gasteiger partial charge on any atom is 0.145 e. The highest BCUT2D eigenvalue weighted by atomic mass is 35.5. The number of hydrogen-bond donors (Lipinski definition) is 0. The first-order valence-electron chi connectivity index (χ1n) is 4.51. The van der Waals surface area contributed by atoms with Crippen LogP contribution in [0.15, 0.2) is 29.2 Å². The Bertz CT molecular complexity index is 323. The van der Waals surface area contributed by atoms with Gasteiger partial charge < -0.3 is 0 Å². The van der Waals surface area contributed by atoms with E-state index in [1.54, 1.807) is 0 Å². The van der Waals surface area contributed by atoms with E-state index in [4.69, 9.17) is 11.6 Å². The molecule has 0 heterocycles. The highest BCUT2D eigenvalue weighted by Gasteiger charge is 2.08. The molecule has 0 spiro atoms. The van der Waals surface area contributed by atoms with Crippen molar-refractivity contribution in [3.63, 3.8) is 0 Å². The quantitative estimate of drug-likeness (QED) is 0.732. The summed E-state index contributed by atoms with van der Waals surface area (Å²) in [5.41, 5.74) is 0. The van der Waals surface area contributed by atoms with Gasteiger partial charge in [0, 0.05) is 10.8 Å². The van der Waals surface area contributed by atoms with E-state index in [2.05, 4.69) is 0 Å². The summed E-state index contributed by atoms with van der Waals surface area (Å²) in [4.78, 5) is 12.3. The SMILES string of the molecule is CC(C)C(=O)CSc1ccccc1Cl. The number of hydrogen-bond acceptors (Lipinski definition) is 2. The van der Waals surface area contributed by atoms with Gasteiger partial charge in [0.15, 0.2) is 0 Å². The smallest absolute Gasteiger partial charge is 0.145 e. The molecule has 3 heteroatoms. The maximum atomic E-state index is 11.4. The van der Waals surface area contributed by atoms with Crippen LogP contribution in [-0.4, -0.2) is 11.5 Å². The summed E-state index contributed by atoms with van der Waals surface area (Å²) >= 11 is 7.46. The minimum absolute atomic E-state index is 0.102. The number of thioether (sulfide) groups is 1. The van der Waals surface area contributed by atoms with Crippen LogP contribution in [0.4, 0.5) is 0 Å². The Morgan fingerprint density at radius 2 is 2.07 bits per heavy atom. The number of rotatable bonds is 4. The number of Topliss-reactive ketones (excluding diaryl/α,β-unsaturated/α-hetero) is 1. The van der Waals surface area contributed by atoms with E-state index in [1.165, 1.54) is 11.8 Å². The summed E-state index contributed by atoms with van der Waals surface area (Å²) in [7, 11) is 0. The van der Waals surface area contributed by atoms with Crippen LogP contribution in [0.25, 0.3) is 0 Å². The Morgan fingerprint density at radius 1 is 1.43 bits per heavy atom. The molecule has 0 aliphatic carbocycles. The fourth-order valence-electron chi connectivity index (χ4n) is 0.877. The second kappa shape index (κ2) is 5.42. The van der Waals surface area contributed by atoms with Crippen LogP contribution in [0.3, 0.4) is 0 Å². The number of halogens is 1. The lowest BCUT2D eigenvalue weighted by Crippen LogP contribution is -2.09. The van der Waals surface area contributed by atoms with Crippen LogP contribution in [0, 0.1) is 5.92 Å². The zero-order chi connectivity index (χ0) is 10.6. The van der Waals surface area contributed by atoms with Gasteiger partial charge in [0.25, 0.3) is 0 Å². The van der Waals surface area contributed by atoms with Crippen molar-refractivity contribution >= 4 is 29.1 Å². The summed E-state index contributed by atoms with van der Waals surface area (Å²) < 4.78 is 0. The molecule has 0 saturated carbocycles. The van der Waals surface area contributed by atoms with Gasteiger partial charge >= 0.3 is 0 Å². The second-order valence-corrected chi connectivity index (χ2v) is 4.76. The predicted octanol–water partition coefficient (Wildman–Crippen LogP) is 3.66. The zero-order valence-corrected chi connectivity index (χ0v) is 9.86. The Labute approximate surface area is 93.8 Å². The summed E-state index contributed by atoms with van der Waals surface area (Å²) in [6.07, 6.45) is 0. The molecule has 1 rings (SSSR count). The number of carbonyl (C=O) groups is 1. The van der Waals surface area contributed by atoms with E-state index in [0.29, 0.717) is 10.8 Å². The molecule has 14 heavy (non-hydrogen) atoms. The molecule has 0 radical (unpaired) electrons. The van der Waals surface area contributed by atoms with Gasteiger partial charge in [-0.25, -0.2) is 0 Å². The van der Waals surface area contributed by atoms with E-state index in [1.807, 2.05) is 38.1 Å². The molecule has 0 N–H and O–H groups in total. The minimum Gasteiger partial charge on any atom is -0.298 e.